The molecule has 0 saturated carbocycles. The number of halogens is 1. The summed E-state index contributed by atoms with van der Waals surface area (Å²) >= 11 is 7.38. The van der Waals surface area contributed by atoms with Crippen LogP contribution in [0.4, 0.5) is 0 Å². The highest BCUT2D eigenvalue weighted by Gasteiger charge is 2.01. The van der Waals surface area contributed by atoms with E-state index in [1.807, 2.05) is 12.1 Å². The average Bonchev–Trinajstić information content (AvgIpc) is 2.49. The predicted molar refractivity (Wildman–Crippen MR) is 57.3 cm³/mol. The second kappa shape index (κ2) is 5.60. The monoisotopic (exact) mass is 219 g/mol. The standard InChI is InChI=1S/C9H14ClNOS/c1-7(4-5-12)11-6-8-2-3-9(10)13-8/h2-3,7,11-12H,4-6H2,1H3. The molecule has 2 nitrogen and oxygen atoms in total. The Kier molecular flexibility index (Phi) is 4.73. The van der Waals surface area contributed by atoms with Gasteiger partial charge < -0.3 is 10.4 Å². The molecule has 1 aromatic rings. The molecule has 1 rings (SSSR count). The first kappa shape index (κ1) is 11.0. The first-order chi connectivity index (χ1) is 6.22. The van der Waals surface area contributed by atoms with Gasteiger partial charge in [-0.15, -0.1) is 11.3 Å². The number of thiophene rings is 1. The summed E-state index contributed by atoms with van der Waals surface area (Å²) in [6, 6.07) is 4.27. The number of hydrogen-bond donors (Lipinski definition) is 2. The van der Waals surface area contributed by atoms with E-state index in [0.717, 1.165) is 17.3 Å². The largest absolute Gasteiger partial charge is 0.396 e. The van der Waals surface area contributed by atoms with Crippen LogP contribution in [0.5, 0.6) is 0 Å². The summed E-state index contributed by atoms with van der Waals surface area (Å²) < 4.78 is 0.826. The Morgan fingerprint density at radius 2 is 2.38 bits per heavy atom. The van der Waals surface area contributed by atoms with Gasteiger partial charge in [-0.2, -0.15) is 0 Å². The lowest BCUT2D eigenvalue weighted by Crippen LogP contribution is -2.25. The van der Waals surface area contributed by atoms with Crippen molar-refractivity contribution < 1.29 is 5.11 Å². The Morgan fingerprint density at radius 1 is 1.62 bits per heavy atom. The molecule has 0 fully saturated rings. The first-order valence-electron chi connectivity index (χ1n) is 4.31. The smallest absolute Gasteiger partial charge is 0.0931 e. The zero-order valence-corrected chi connectivity index (χ0v) is 9.16. The molecule has 0 spiro atoms. The summed E-state index contributed by atoms with van der Waals surface area (Å²) in [5.41, 5.74) is 0. The van der Waals surface area contributed by atoms with Crippen molar-refractivity contribution in [1.29, 1.82) is 0 Å². The Morgan fingerprint density at radius 3 is 2.92 bits per heavy atom. The Balaban J connectivity index is 2.26. The SMILES string of the molecule is CC(CCO)NCc1ccc(Cl)s1. The summed E-state index contributed by atoms with van der Waals surface area (Å²) in [5, 5.41) is 12.0. The molecule has 1 atom stereocenters. The van der Waals surface area contributed by atoms with Gasteiger partial charge in [-0.3, -0.25) is 0 Å². The van der Waals surface area contributed by atoms with E-state index in [9.17, 15) is 0 Å². The third-order valence-electron chi connectivity index (χ3n) is 1.82. The van der Waals surface area contributed by atoms with Crippen LogP contribution in [0.3, 0.4) is 0 Å². The van der Waals surface area contributed by atoms with Gasteiger partial charge in [-0.05, 0) is 25.5 Å². The van der Waals surface area contributed by atoms with E-state index in [4.69, 9.17) is 16.7 Å². The van der Waals surface area contributed by atoms with Crippen molar-refractivity contribution >= 4 is 22.9 Å². The Labute approximate surface area is 87.5 Å². The molecule has 1 heterocycles. The number of aliphatic hydroxyl groups excluding tert-OH is 1. The number of aliphatic hydroxyl groups is 1. The van der Waals surface area contributed by atoms with Crippen LogP contribution in [0.1, 0.15) is 18.2 Å². The van der Waals surface area contributed by atoms with E-state index in [1.165, 1.54) is 4.88 Å². The molecule has 0 amide bonds. The Hall–Kier alpha value is -0.0900. The van der Waals surface area contributed by atoms with Crippen LogP contribution in [-0.2, 0) is 6.54 Å². The molecule has 0 radical (unpaired) electrons. The molecule has 0 aromatic carbocycles. The van der Waals surface area contributed by atoms with E-state index >= 15 is 0 Å². The van der Waals surface area contributed by atoms with Crippen LogP contribution in [0.2, 0.25) is 4.34 Å². The summed E-state index contributed by atoms with van der Waals surface area (Å²) in [5.74, 6) is 0. The fraction of sp³-hybridized carbons (Fsp3) is 0.556. The fourth-order valence-corrected chi connectivity index (χ4v) is 2.06. The van der Waals surface area contributed by atoms with E-state index < -0.39 is 0 Å². The number of rotatable bonds is 5. The third-order valence-corrected chi connectivity index (χ3v) is 3.05. The minimum atomic E-state index is 0.235. The zero-order chi connectivity index (χ0) is 9.68. The van der Waals surface area contributed by atoms with Crippen LogP contribution in [0.15, 0.2) is 12.1 Å². The lowest BCUT2D eigenvalue weighted by molar-refractivity contribution is 0.269. The van der Waals surface area contributed by atoms with Gasteiger partial charge in [-0.1, -0.05) is 11.6 Å². The summed E-state index contributed by atoms with van der Waals surface area (Å²) in [6.07, 6.45) is 0.791. The quantitative estimate of drug-likeness (QED) is 0.797. The highest BCUT2D eigenvalue weighted by atomic mass is 35.5. The van der Waals surface area contributed by atoms with Crippen molar-refractivity contribution in [3.05, 3.63) is 21.3 Å². The van der Waals surface area contributed by atoms with Crippen molar-refractivity contribution in [2.45, 2.75) is 25.9 Å². The molecule has 1 aromatic heterocycles. The van der Waals surface area contributed by atoms with E-state index in [1.54, 1.807) is 11.3 Å². The third kappa shape index (κ3) is 4.09. The van der Waals surface area contributed by atoms with Gasteiger partial charge in [0.1, 0.15) is 0 Å². The average molecular weight is 220 g/mol. The van der Waals surface area contributed by atoms with Gasteiger partial charge in [0.2, 0.25) is 0 Å². The Bertz CT molecular complexity index is 252. The number of nitrogens with one attached hydrogen (secondary N) is 1. The fourth-order valence-electron chi connectivity index (χ4n) is 1.02. The molecular weight excluding hydrogens is 206 g/mol. The molecule has 4 heteroatoms. The molecule has 1 unspecified atom stereocenters. The zero-order valence-electron chi connectivity index (χ0n) is 7.59. The summed E-state index contributed by atoms with van der Waals surface area (Å²) in [7, 11) is 0. The molecular formula is C9H14ClNOS. The van der Waals surface area contributed by atoms with E-state index in [2.05, 4.69) is 12.2 Å². The molecule has 0 bridgehead atoms. The summed E-state index contributed by atoms with van der Waals surface area (Å²) in [6.45, 7) is 3.13. The van der Waals surface area contributed by atoms with Crippen molar-refractivity contribution in [2.75, 3.05) is 6.61 Å². The molecule has 74 valence electrons. The second-order valence-corrected chi connectivity index (χ2v) is 4.80. The second-order valence-electron chi connectivity index (χ2n) is 3.00. The van der Waals surface area contributed by atoms with Gasteiger partial charge in [0.25, 0.3) is 0 Å². The van der Waals surface area contributed by atoms with Gasteiger partial charge >= 0.3 is 0 Å². The van der Waals surface area contributed by atoms with Gasteiger partial charge in [-0.25, -0.2) is 0 Å². The molecule has 0 saturated heterocycles. The lowest BCUT2D eigenvalue weighted by Gasteiger charge is -2.10. The molecule has 2 N–H and O–H groups in total. The van der Waals surface area contributed by atoms with E-state index in [0.29, 0.717) is 6.04 Å². The summed E-state index contributed by atoms with van der Waals surface area (Å²) in [4.78, 5) is 1.23. The highest BCUT2D eigenvalue weighted by Crippen LogP contribution is 2.21. The van der Waals surface area contributed by atoms with Gasteiger partial charge in [0.05, 0.1) is 4.34 Å². The van der Waals surface area contributed by atoms with Crippen molar-refractivity contribution in [1.82, 2.24) is 5.32 Å². The topological polar surface area (TPSA) is 32.3 Å². The van der Waals surface area contributed by atoms with Crippen LogP contribution in [0, 0.1) is 0 Å². The van der Waals surface area contributed by atoms with Gasteiger partial charge in [0, 0.05) is 24.1 Å². The minimum absolute atomic E-state index is 0.235. The molecule has 13 heavy (non-hydrogen) atoms. The van der Waals surface area contributed by atoms with Gasteiger partial charge in [0.15, 0.2) is 0 Å². The van der Waals surface area contributed by atoms with Crippen molar-refractivity contribution in [3.63, 3.8) is 0 Å². The van der Waals surface area contributed by atoms with Crippen LogP contribution in [-0.4, -0.2) is 17.8 Å². The van der Waals surface area contributed by atoms with Crippen LogP contribution >= 0.6 is 22.9 Å². The maximum atomic E-state index is 8.68. The lowest BCUT2D eigenvalue weighted by atomic mass is 10.2. The number of hydrogen-bond acceptors (Lipinski definition) is 3. The van der Waals surface area contributed by atoms with Crippen LogP contribution in [0.25, 0.3) is 0 Å². The van der Waals surface area contributed by atoms with Crippen LogP contribution < -0.4 is 5.32 Å². The molecule has 0 aliphatic carbocycles. The minimum Gasteiger partial charge on any atom is -0.396 e. The van der Waals surface area contributed by atoms with E-state index in [-0.39, 0.29) is 6.61 Å². The normalized spacial score (nSPS) is 13.2. The predicted octanol–water partition coefficient (Wildman–Crippen LogP) is 2.26. The molecule has 0 aliphatic rings. The highest BCUT2D eigenvalue weighted by molar-refractivity contribution is 7.16. The first-order valence-corrected chi connectivity index (χ1v) is 5.50. The molecule has 0 aliphatic heterocycles. The maximum Gasteiger partial charge on any atom is 0.0931 e. The van der Waals surface area contributed by atoms with Crippen molar-refractivity contribution in [3.8, 4) is 0 Å². The van der Waals surface area contributed by atoms with Crippen molar-refractivity contribution in [2.24, 2.45) is 0 Å². The maximum absolute atomic E-state index is 8.68.